The van der Waals surface area contributed by atoms with Gasteiger partial charge in [0.05, 0.1) is 5.69 Å². The number of anilines is 1. The standard InChI is InChI=1S/C14H22N4/c1-4-7-8-9-16-14-12(10-15)11(5-2)13(6-3)17-18-14/h4-9H2,1-3H3,(H,16,18). The number of unbranched alkanes of at least 4 members (excludes halogenated alkanes) is 2. The maximum absolute atomic E-state index is 9.30. The molecule has 0 fully saturated rings. The minimum Gasteiger partial charge on any atom is -0.367 e. The quantitative estimate of drug-likeness (QED) is 0.751. The molecule has 0 radical (unpaired) electrons. The van der Waals surface area contributed by atoms with Crippen LogP contribution in [0.5, 0.6) is 0 Å². The summed E-state index contributed by atoms with van der Waals surface area (Å²) >= 11 is 0. The first-order valence-electron chi connectivity index (χ1n) is 6.80. The van der Waals surface area contributed by atoms with Crippen molar-refractivity contribution >= 4 is 5.82 Å². The summed E-state index contributed by atoms with van der Waals surface area (Å²) in [4.78, 5) is 0. The molecule has 0 saturated carbocycles. The molecule has 1 aromatic heterocycles. The van der Waals surface area contributed by atoms with Gasteiger partial charge in [-0.3, -0.25) is 0 Å². The Morgan fingerprint density at radius 1 is 1.11 bits per heavy atom. The molecule has 4 nitrogen and oxygen atoms in total. The van der Waals surface area contributed by atoms with Gasteiger partial charge in [0.15, 0.2) is 5.82 Å². The van der Waals surface area contributed by atoms with Crippen LogP contribution in [0.25, 0.3) is 0 Å². The largest absolute Gasteiger partial charge is 0.367 e. The Balaban J connectivity index is 2.89. The van der Waals surface area contributed by atoms with Crippen molar-refractivity contribution in [1.29, 1.82) is 5.26 Å². The van der Waals surface area contributed by atoms with Crippen LogP contribution in [0.15, 0.2) is 0 Å². The lowest BCUT2D eigenvalue weighted by molar-refractivity contribution is 0.739. The first-order chi connectivity index (χ1) is 8.78. The van der Waals surface area contributed by atoms with Gasteiger partial charge in [-0.25, -0.2) is 0 Å². The maximum atomic E-state index is 9.30. The smallest absolute Gasteiger partial charge is 0.166 e. The molecule has 0 aliphatic rings. The summed E-state index contributed by atoms with van der Waals surface area (Å²) in [6, 6.07) is 2.27. The van der Waals surface area contributed by atoms with E-state index in [2.05, 4.69) is 35.4 Å². The molecule has 0 saturated heterocycles. The van der Waals surface area contributed by atoms with Gasteiger partial charge in [0, 0.05) is 6.54 Å². The van der Waals surface area contributed by atoms with E-state index in [1.807, 2.05) is 6.92 Å². The molecule has 4 heteroatoms. The predicted molar refractivity (Wildman–Crippen MR) is 73.5 cm³/mol. The molecule has 98 valence electrons. The van der Waals surface area contributed by atoms with Crippen molar-refractivity contribution in [2.75, 3.05) is 11.9 Å². The summed E-state index contributed by atoms with van der Waals surface area (Å²) in [5.41, 5.74) is 2.64. The van der Waals surface area contributed by atoms with Crippen molar-refractivity contribution < 1.29 is 0 Å². The van der Waals surface area contributed by atoms with Crippen LogP contribution >= 0.6 is 0 Å². The number of nitrogens with one attached hydrogen (secondary N) is 1. The predicted octanol–water partition coefficient (Wildman–Crippen LogP) is 3.08. The average Bonchev–Trinajstić information content (AvgIpc) is 2.42. The van der Waals surface area contributed by atoms with Gasteiger partial charge < -0.3 is 5.32 Å². The highest BCUT2D eigenvalue weighted by atomic mass is 15.2. The normalized spacial score (nSPS) is 10.1. The van der Waals surface area contributed by atoms with Crippen LogP contribution in [0.2, 0.25) is 0 Å². The summed E-state index contributed by atoms with van der Waals surface area (Å²) < 4.78 is 0. The fraction of sp³-hybridized carbons (Fsp3) is 0.643. The molecular formula is C14H22N4. The Kier molecular flexibility index (Phi) is 6.13. The van der Waals surface area contributed by atoms with Crippen LogP contribution in [0.4, 0.5) is 5.82 Å². The molecule has 1 heterocycles. The Bertz CT molecular complexity index is 421. The van der Waals surface area contributed by atoms with E-state index in [1.165, 1.54) is 12.8 Å². The number of aromatic nitrogens is 2. The molecule has 0 spiro atoms. The zero-order valence-corrected chi connectivity index (χ0v) is 11.6. The van der Waals surface area contributed by atoms with Gasteiger partial charge in [-0.2, -0.15) is 10.4 Å². The summed E-state index contributed by atoms with van der Waals surface area (Å²) in [6.07, 6.45) is 5.12. The van der Waals surface area contributed by atoms with Gasteiger partial charge in [0.25, 0.3) is 0 Å². The van der Waals surface area contributed by atoms with Crippen LogP contribution in [-0.4, -0.2) is 16.7 Å². The van der Waals surface area contributed by atoms with E-state index in [9.17, 15) is 5.26 Å². The lowest BCUT2D eigenvalue weighted by Crippen LogP contribution is -2.10. The van der Waals surface area contributed by atoms with Crippen molar-refractivity contribution in [3.63, 3.8) is 0 Å². The third kappa shape index (κ3) is 3.43. The van der Waals surface area contributed by atoms with Gasteiger partial charge in [-0.15, -0.1) is 5.10 Å². The summed E-state index contributed by atoms with van der Waals surface area (Å²) in [6.45, 7) is 7.12. The van der Waals surface area contributed by atoms with Crippen molar-refractivity contribution in [1.82, 2.24) is 10.2 Å². The Hall–Kier alpha value is -1.63. The van der Waals surface area contributed by atoms with Crippen molar-refractivity contribution in [2.24, 2.45) is 0 Å². The minimum absolute atomic E-state index is 0.641. The minimum atomic E-state index is 0.641. The molecule has 0 bridgehead atoms. The van der Waals surface area contributed by atoms with Crippen LogP contribution in [0.3, 0.4) is 0 Å². The Labute approximate surface area is 109 Å². The van der Waals surface area contributed by atoms with E-state index in [4.69, 9.17) is 0 Å². The highest BCUT2D eigenvalue weighted by Gasteiger charge is 2.13. The molecule has 18 heavy (non-hydrogen) atoms. The van der Waals surface area contributed by atoms with Gasteiger partial charge in [-0.1, -0.05) is 33.6 Å². The number of hydrogen-bond donors (Lipinski definition) is 1. The number of nitriles is 1. The van der Waals surface area contributed by atoms with Crippen molar-refractivity contribution in [2.45, 2.75) is 52.9 Å². The first kappa shape index (κ1) is 14.4. The van der Waals surface area contributed by atoms with E-state index in [0.29, 0.717) is 11.4 Å². The zero-order chi connectivity index (χ0) is 13.4. The second kappa shape index (κ2) is 7.65. The third-order valence-corrected chi connectivity index (χ3v) is 3.03. The molecule has 0 unspecified atom stereocenters. The highest BCUT2D eigenvalue weighted by molar-refractivity contribution is 5.56. The Morgan fingerprint density at radius 2 is 1.89 bits per heavy atom. The molecule has 0 aliphatic heterocycles. The zero-order valence-electron chi connectivity index (χ0n) is 11.6. The second-order valence-electron chi connectivity index (χ2n) is 4.30. The van der Waals surface area contributed by atoms with Gasteiger partial charge in [-0.05, 0) is 24.8 Å². The number of hydrogen-bond acceptors (Lipinski definition) is 4. The van der Waals surface area contributed by atoms with Crippen molar-refractivity contribution in [3.05, 3.63) is 16.8 Å². The first-order valence-corrected chi connectivity index (χ1v) is 6.80. The van der Waals surface area contributed by atoms with Crippen LogP contribution in [0.1, 0.15) is 56.9 Å². The van der Waals surface area contributed by atoms with Crippen LogP contribution in [-0.2, 0) is 12.8 Å². The van der Waals surface area contributed by atoms with Crippen molar-refractivity contribution in [3.8, 4) is 6.07 Å². The van der Waals surface area contributed by atoms with Crippen LogP contribution < -0.4 is 5.32 Å². The Morgan fingerprint density at radius 3 is 2.44 bits per heavy atom. The van der Waals surface area contributed by atoms with Gasteiger partial charge in [0.2, 0.25) is 0 Å². The van der Waals surface area contributed by atoms with E-state index in [0.717, 1.165) is 37.1 Å². The summed E-state index contributed by atoms with van der Waals surface area (Å²) in [5, 5.41) is 20.9. The highest BCUT2D eigenvalue weighted by Crippen LogP contribution is 2.19. The molecule has 0 atom stereocenters. The molecule has 1 rings (SSSR count). The molecule has 0 aliphatic carbocycles. The maximum Gasteiger partial charge on any atom is 0.166 e. The lowest BCUT2D eigenvalue weighted by atomic mass is 10.0. The fourth-order valence-electron chi connectivity index (χ4n) is 2.00. The average molecular weight is 246 g/mol. The molecule has 1 N–H and O–H groups in total. The molecule has 0 amide bonds. The van der Waals surface area contributed by atoms with E-state index in [1.54, 1.807) is 0 Å². The third-order valence-electron chi connectivity index (χ3n) is 3.03. The fourth-order valence-corrected chi connectivity index (χ4v) is 2.00. The number of rotatable bonds is 7. The lowest BCUT2D eigenvalue weighted by Gasteiger charge is -2.11. The van der Waals surface area contributed by atoms with E-state index in [-0.39, 0.29) is 0 Å². The number of nitrogens with zero attached hydrogens (tertiary/aromatic N) is 3. The van der Waals surface area contributed by atoms with E-state index < -0.39 is 0 Å². The monoisotopic (exact) mass is 246 g/mol. The molecular weight excluding hydrogens is 224 g/mol. The molecule has 1 aromatic rings. The molecule has 0 aromatic carbocycles. The number of aryl methyl sites for hydroxylation is 1. The van der Waals surface area contributed by atoms with Gasteiger partial charge >= 0.3 is 0 Å². The second-order valence-corrected chi connectivity index (χ2v) is 4.30. The SMILES string of the molecule is CCCCCNc1nnc(CC)c(CC)c1C#N. The summed E-state index contributed by atoms with van der Waals surface area (Å²) in [5.74, 6) is 0.641. The topological polar surface area (TPSA) is 61.6 Å². The van der Waals surface area contributed by atoms with Crippen LogP contribution in [0, 0.1) is 11.3 Å². The summed E-state index contributed by atoms with van der Waals surface area (Å²) in [7, 11) is 0. The van der Waals surface area contributed by atoms with Gasteiger partial charge in [0.1, 0.15) is 11.6 Å². The van der Waals surface area contributed by atoms with E-state index >= 15 is 0 Å².